The summed E-state index contributed by atoms with van der Waals surface area (Å²) in [5.41, 5.74) is 2.48. The van der Waals surface area contributed by atoms with Gasteiger partial charge in [0.1, 0.15) is 0 Å². The van der Waals surface area contributed by atoms with Crippen molar-refractivity contribution >= 4 is 31.1 Å². The Hall–Kier alpha value is -2.34. The quantitative estimate of drug-likeness (QED) is 0.388. The van der Waals surface area contributed by atoms with Crippen molar-refractivity contribution in [1.82, 2.24) is 0 Å². The molecule has 5 heteroatoms. The molecule has 0 aliphatic heterocycles. The van der Waals surface area contributed by atoms with Crippen molar-refractivity contribution in [2.24, 2.45) is 0 Å². The third-order valence-corrected chi connectivity index (χ3v) is 13.4. The van der Waals surface area contributed by atoms with Crippen molar-refractivity contribution < 1.29 is 15.7 Å². The zero-order valence-corrected chi connectivity index (χ0v) is 18.6. The van der Waals surface area contributed by atoms with Crippen molar-refractivity contribution in [2.75, 3.05) is 0 Å². The van der Waals surface area contributed by atoms with E-state index < -0.39 is 31.1 Å². The molecule has 2 aromatic rings. The van der Waals surface area contributed by atoms with Crippen LogP contribution in [0.5, 0.6) is 0 Å². The van der Waals surface area contributed by atoms with Gasteiger partial charge in [0.25, 0.3) is 0 Å². The Morgan fingerprint density at radius 2 is 1.07 bits per heavy atom. The summed E-state index contributed by atoms with van der Waals surface area (Å²) in [6.45, 7) is 11.6. The minimum absolute atomic E-state index is 0.388. The fraction of sp³-hybridized carbons (Fsp3) is 0.182. The second-order valence-corrected chi connectivity index (χ2v) is 15.1. The van der Waals surface area contributed by atoms with Gasteiger partial charge in [-0.1, -0.05) is 0 Å². The van der Waals surface area contributed by atoms with Crippen molar-refractivity contribution in [3.05, 3.63) is 96.1 Å². The number of carbonyl (C=O) groups is 2. The Morgan fingerprint density at radius 3 is 1.37 bits per heavy atom. The van der Waals surface area contributed by atoms with E-state index in [1.807, 2.05) is 26.0 Å². The molecule has 27 heavy (non-hydrogen) atoms. The molecule has 0 fully saturated rings. The van der Waals surface area contributed by atoms with Gasteiger partial charge in [0.2, 0.25) is 0 Å². The molecule has 0 atom stereocenters. The summed E-state index contributed by atoms with van der Waals surface area (Å²) < 4.78 is 12.7. The third-order valence-electron chi connectivity index (χ3n) is 3.72. The van der Waals surface area contributed by atoms with Gasteiger partial charge < -0.3 is 0 Å². The molecule has 0 amide bonds. The van der Waals surface area contributed by atoms with Crippen LogP contribution in [0.1, 0.15) is 34.6 Å². The summed E-state index contributed by atoms with van der Waals surface area (Å²) in [5.74, 6) is -0.954. The molecule has 0 heterocycles. The number of benzene rings is 2. The Bertz CT molecular complexity index is 756. The van der Waals surface area contributed by atoms with Crippen LogP contribution in [0.2, 0.25) is 8.87 Å². The van der Waals surface area contributed by atoms with E-state index in [0.29, 0.717) is 20.0 Å². The third kappa shape index (κ3) is 6.40. The predicted octanol–water partition coefficient (Wildman–Crippen LogP) is 5.29. The maximum atomic E-state index is 12.7. The van der Waals surface area contributed by atoms with Crippen molar-refractivity contribution in [2.45, 2.75) is 22.7 Å². The van der Waals surface area contributed by atoms with Crippen LogP contribution in [-0.4, -0.2) is 31.1 Å². The number of allylic oxidation sites excluding steroid dienone is 2. The zero-order chi connectivity index (χ0) is 19.9. The van der Waals surface area contributed by atoms with Gasteiger partial charge in [0, 0.05) is 0 Å². The summed E-state index contributed by atoms with van der Waals surface area (Å²) in [5, 5.41) is 0. The van der Waals surface area contributed by atoms with Crippen LogP contribution in [-0.2, 0) is 6.15 Å². The van der Waals surface area contributed by atoms with Gasteiger partial charge in [0.05, 0.1) is 0 Å². The molecule has 0 aromatic heterocycles. The SMILES string of the molecule is C=C(C)[CH2][Sn]([CH2]C(=C)C)([O]C(=O)c1ccccc1)[O]C(=O)c1ccccc1. The van der Waals surface area contributed by atoms with Gasteiger partial charge in [-0.25, -0.2) is 0 Å². The van der Waals surface area contributed by atoms with Crippen molar-refractivity contribution in [3.63, 3.8) is 0 Å². The summed E-state index contributed by atoms with van der Waals surface area (Å²) in [7, 11) is 0. The van der Waals surface area contributed by atoms with Gasteiger partial charge >= 0.3 is 166 Å². The average Bonchev–Trinajstić information content (AvgIpc) is 2.61. The van der Waals surface area contributed by atoms with Crippen LogP contribution in [0.3, 0.4) is 0 Å². The first kappa shape index (κ1) is 21.0. The van der Waals surface area contributed by atoms with E-state index in [2.05, 4.69) is 13.2 Å². The molecule has 0 aliphatic carbocycles. The number of carbonyl (C=O) groups excluding carboxylic acids is 2. The standard InChI is InChI=1S/2C7H6O2.2C4H7.Sn/c2*8-7(9)6-4-2-1-3-5-6;2*1-4(2)3;/h2*1-5H,(H,8,9);2*1-2H2,3H3;/q;;;;+2/p-2. The number of hydrogen-bond donors (Lipinski definition) is 0. The Kier molecular flexibility index (Phi) is 7.42. The van der Waals surface area contributed by atoms with Crippen molar-refractivity contribution in [3.8, 4) is 0 Å². The number of hydrogen-bond acceptors (Lipinski definition) is 4. The molecule has 4 nitrogen and oxygen atoms in total. The topological polar surface area (TPSA) is 52.6 Å². The summed E-state index contributed by atoms with van der Waals surface area (Å²) in [4.78, 5) is 25.4. The van der Waals surface area contributed by atoms with Crippen LogP contribution in [0.25, 0.3) is 0 Å². The van der Waals surface area contributed by atoms with Gasteiger partial charge in [-0.05, 0) is 0 Å². The molecule has 2 rings (SSSR count). The van der Waals surface area contributed by atoms with E-state index in [0.717, 1.165) is 11.1 Å². The maximum absolute atomic E-state index is 12.7. The minimum atomic E-state index is -4.24. The van der Waals surface area contributed by atoms with Crippen LogP contribution < -0.4 is 0 Å². The summed E-state index contributed by atoms with van der Waals surface area (Å²) >= 11 is -4.24. The molecule has 0 aliphatic rings. The molecule has 2 aromatic carbocycles. The molecule has 0 saturated carbocycles. The molecule has 0 saturated heterocycles. The fourth-order valence-electron chi connectivity index (χ4n) is 2.75. The molecule has 0 N–H and O–H groups in total. The van der Waals surface area contributed by atoms with E-state index >= 15 is 0 Å². The first-order valence-corrected chi connectivity index (χ1v) is 15.0. The first-order valence-electron chi connectivity index (χ1n) is 8.67. The first-order chi connectivity index (χ1) is 12.8. The van der Waals surface area contributed by atoms with Gasteiger partial charge in [0.15, 0.2) is 0 Å². The summed E-state index contributed by atoms with van der Waals surface area (Å²) in [6, 6.07) is 17.4. The van der Waals surface area contributed by atoms with Crippen molar-refractivity contribution in [1.29, 1.82) is 0 Å². The molecule has 0 spiro atoms. The predicted molar refractivity (Wildman–Crippen MR) is 109 cm³/mol. The van der Waals surface area contributed by atoms with E-state index in [-0.39, 0.29) is 0 Å². The number of rotatable bonds is 8. The Labute approximate surface area is 165 Å². The van der Waals surface area contributed by atoms with Gasteiger partial charge in [-0.3, -0.25) is 0 Å². The molecule has 0 bridgehead atoms. The van der Waals surface area contributed by atoms with Crippen LogP contribution >= 0.6 is 0 Å². The molecular formula is C22H24O4Sn. The second kappa shape index (κ2) is 9.55. The van der Waals surface area contributed by atoms with Gasteiger partial charge in [-0.15, -0.1) is 0 Å². The second-order valence-electron chi connectivity index (χ2n) is 6.69. The summed E-state index contributed by atoms with van der Waals surface area (Å²) in [6.07, 6.45) is 0. The van der Waals surface area contributed by atoms with Crippen LogP contribution in [0.15, 0.2) is 85.0 Å². The fourth-order valence-corrected chi connectivity index (χ4v) is 11.9. The normalized spacial score (nSPS) is 10.7. The van der Waals surface area contributed by atoms with Crippen LogP contribution in [0.4, 0.5) is 0 Å². The average molecular weight is 471 g/mol. The molecule has 0 unspecified atom stereocenters. The zero-order valence-electron chi connectivity index (χ0n) is 15.7. The van der Waals surface area contributed by atoms with E-state index in [9.17, 15) is 9.59 Å². The molecule has 140 valence electrons. The Balaban J connectivity index is 2.36. The van der Waals surface area contributed by atoms with E-state index in [4.69, 9.17) is 6.15 Å². The molecular weight excluding hydrogens is 447 g/mol. The van der Waals surface area contributed by atoms with Crippen LogP contribution in [0, 0.1) is 0 Å². The van der Waals surface area contributed by atoms with E-state index in [1.165, 1.54) is 0 Å². The molecule has 0 radical (unpaired) electrons. The Morgan fingerprint density at radius 1 is 0.741 bits per heavy atom. The van der Waals surface area contributed by atoms with Gasteiger partial charge in [-0.2, -0.15) is 0 Å². The van der Waals surface area contributed by atoms with E-state index in [1.54, 1.807) is 48.5 Å². The monoisotopic (exact) mass is 472 g/mol.